The molecule has 1 aromatic heterocycles. The van der Waals surface area contributed by atoms with Crippen LogP contribution in [-0.2, 0) is 5.75 Å². The molecule has 0 unspecified atom stereocenters. The first-order chi connectivity index (χ1) is 17.0. The van der Waals surface area contributed by atoms with Crippen LogP contribution in [0.2, 0.25) is 5.02 Å². The number of alkyl halides is 3. The van der Waals surface area contributed by atoms with Gasteiger partial charge in [-0.2, -0.15) is 13.2 Å². The zero-order valence-corrected chi connectivity index (χ0v) is 20.2. The van der Waals surface area contributed by atoms with Crippen LogP contribution in [0.1, 0.15) is 40.1 Å². The van der Waals surface area contributed by atoms with E-state index in [-0.39, 0.29) is 0 Å². The van der Waals surface area contributed by atoms with Gasteiger partial charge in [-0.1, -0.05) is 23.7 Å². The van der Waals surface area contributed by atoms with Gasteiger partial charge in [-0.3, -0.25) is 19.3 Å². The molecule has 1 N–H and O–H groups in total. The van der Waals surface area contributed by atoms with E-state index in [2.05, 4.69) is 0 Å². The molecular weight excluding hydrogens is 522 g/mol. The fraction of sp³-hybridized carbons (Fsp3) is 0.250. The number of aromatic nitrogens is 1. The lowest BCUT2D eigenvalue weighted by Gasteiger charge is -2.46. The van der Waals surface area contributed by atoms with Crippen molar-refractivity contribution in [2.45, 2.75) is 35.8 Å². The van der Waals surface area contributed by atoms with E-state index in [0.29, 0.717) is 37.3 Å². The minimum absolute atomic E-state index is 0.419. The van der Waals surface area contributed by atoms with Crippen molar-refractivity contribution in [2.75, 3.05) is 11.7 Å². The summed E-state index contributed by atoms with van der Waals surface area (Å²) in [6.45, 7) is 0.261. The first-order valence-electron chi connectivity index (χ1n) is 10.8. The number of fused-ring (bicyclic) bond motifs is 3. The fourth-order valence-corrected chi connectivity index (χ4v) is 5.97. The van der Waals surface area contributed by atoms with Crippen LogP contribution in [0.4, 0.5) is 17.6 Å². The number of benzene rings is 2. The second kappa shape index (κ2) is 8.74. The summed E-state index contributed by atoms with van der Waals surface area (Å²) in [6, 6.07) is 7.13. The predicted octanol–water partition coefficient (Wildman–Crippen LogP) is 5.04. The molecular formula is C24H18ClF4N3O3S. The Kier molecular flexibility index (Phi) is 5.95. The van der Waals surface area contributed by atoms with Crippen molar-refractivity contribution in [1.82, 2.24) is 9.58 Å². The largest absolute Gasteiger partial charge is 0.502 e. The molecule has 2 aliphatic rings. The summed E-state index contributed by atoms with van der Waals surface area (Å²) < 4.78 is 57.0. The van der Waals surface area contributed by atoms with Gasteiger partial charge in [0.05, 0.1) is 6.04 Å². The van der Waals surface area contributed by atoms with Gasteiger partial charge in [-0.25, -0.2) is 4.39 Å². The number of thioether (sulfide) groups is 1. The van der Waals surface area contributed by atoms with E-state index in [1.165, 1.54) is 39.8 Å². The van der Waals surface area contributed by atoms with Crippen LogP contribution in [0.5, 0.6) is 5.75 Å². The summed E-state index contributed by atoms with van der Waals surface area (Å²) in [5, 5.41) is 12.3. The quantitative estimate of drug-likeness (QED) is 0.462. The van der Waals surface area contributed by atoms with Crippen LogP contribution in [0, 0.1) is 5.82 Å². The van der Waals surface area contributed by atoms with Gasteiger partial charge in [-0.15, -0.1) is 11.8 Å². The third-order valence-corrected chi connectivity index (χ3v) is 7.89. The average molecular weight is 540 g/mol. The molecule has 5 rings (SSSR count). The van der Waals surface area contributed by atoms with Gasteiger partial charge in [0.15, 0.2) is 11.4 Å². The maximum absolute atomic E-state index is 14.5. The second-order valence-electron chi connectivity index (χ2n) is 8.48. The van der Waals surface area contributed by atoms with E-state index in [1.54, 1.807) is 24.3 Å². The third-order valence-electron chi connectivity index (χ3n) is 6.42. The lowest BCUT2D eigenvalue weighted by atomic mass is 9.94. The SMILES string of the molecule is C[C@@H](N1CN([C@H]2c3cc(F)ccc3SCc3c(Cl)cccc32)n2ccc(=O)c(O)c2C1=O)C(F)(F)F. The molecule has 36 heavy (non-hydrogen) atoms. The number of halogens is 5. The summed E-state index contributed by atoms with van der Waals surface area (Å²) in [4.78, 5) is 26.6. The molecule has 188 valence electrons. The van der Waals surface area contributed by atoms with Crippen molar-refractivity contribution in [2.24, 2.45) is 0 Å². The zero-order chi connectivity index (χ0) is 25.9. The van der Waals surface area contributed by atoms with E-state index >= 15 is 0 Å². The van der Waals surface area contributed by atoms with E-state index in [9.17, 15) is 32.3 Å². The van der Waals surface area contributed by atoms with Crippen molar-refractivity contribution < 1.29 is 27.5 Å². The highest BCUT2D eigenvalue weighted by atomic mass is 35.5. The standard InChI is InChI=1S/C24H18ClF4N3O3S/c1-12(24(27,28)29)30-11-32(31-8-7-18(33)22(34)21(31)23(30)35)20-14-3-2-4-17(25)16(14)10-36-19-6-5-13(26)9-15(19)20/h2-9,12,20,34H,10-11H2,1H3/t12-,20-/m1/s1. The molecule has 0 aliphatic carbocycles. The Morgan fingerprint density at radius 2 is 1.89 bits per heavy atom. The van der Waals surface area contributed by atoms with Crippen LogP contribution in [-0.4, -0.2) is 39.5 Å². The molecule has 0 fully saturated rings. The summed E-state index contributed by atoms with van der Waals surface area (Å²) in [6.07, 6.45) is -3.56. The zero-order valence-electron chi connectivity index (χ0n) is 18.6. The van der Waals surface area contributed by atoms with E-state index < -0.39 is 53.5 Å². The molecule has 0 radical (unpaired) electrons. The first kappa shape index (κ1) is 24.5. The number of hydrogen-bond acceptors (Lipinski definition) is 5. The minimum atomic E-state index is -4.78. The number of carbonyl (C=O) groups is 1. The lowest BCUT2D eigenvalue weighted by Crippen LogP contribution is -2.60. The van der Waals surface area contributed by atoms with Gasteiger partial charge in [0.2, 0.25) is 5.43 Å². The number of aromatic hydroxyl groups is 1. The summed E-state index contributed by atoms with van der Waals surface area (Å²) in [5.41, 5.74) is 0.215. The topological polar surface area (TPSA) is 65.8 Å². The number of nitrogens with zero attached hydrogens (tertiary/aromatic N) is 3. The molecule has 1 amide bonds. The molecule has 0 spiro atoms. The molecule has 2 atom stereocenters. The highest BCUT2D eigenvalue weighted by molar-refractivity contribution is 7.98. The summed E-state index contributed by atoms with van der Waals surface area (Å²) >= 11 is 7.89. The van der Waals surface area contributed by atoms with Gasteiger partial charge in [0.25, 0.3) is 5.91 Å². The van der Waals surface area contributed by atoms with Crippen LogP contribution >= 0.6 is 23.4 Å². The highest BCUT2D eigenvalue weighted by Crippen LogP contribution is 2.45. The van der Waals surface area contributed by atoms with Gasteiger partial charge in [-0.05, 0) is 47.9 Å². The molecule has 3 heterocycles. The second-order valence-corrected chi connectivity index (χ2v) is 9.90. The van der Waals surface area contributed by atoms with Gasteiger partial charge < -0.3 is 10.0 Å². The third kappa shape index (κ3) is 3.90. The average Bonchev–Trinajstić information content (AvgIpc) is 2.98. The van der Waals surface area contributed by atoms with Gasteiger partial charge in [0.1, 0.15) is 18.5 Å². The molecule has 0 bridgehead atoms. The van der Waals surface area contributed by atoms with Crippen LogP contribution in [0.3, 0.4) is 0 Å². The van der Waals surface area contributed by atoms with Crippen molar-refractivity contribution in [3.8, 4) is 5.75 Å². The number of rotatable bonds is 2. The summed E-state index contributed by atoms with van der Waals surface area (Å²) in [5.74, 6) is -2.26. The number of pyridine rings is 1. The maximum atomic E-state index is 14.5. The van der Waals surface area contributed by atoms with Crippen LogP contribution in [0.15, 0.2) is 58.4 Å². The Morgan fingerprint density at radius 1 is 1.14 bits per heavy atom. The van der Waals surface area contributed by atoms with Gasteiger partial charge in [0, 0.05) is 27.9 Å². The smallest absolute Gasteiger partial charge is 0.408 e. The van der Waals surface area contributed by atoms with Crippen LogP contribution in [0.25, 0.3) is 0 Å². The molecule has 2 aromatic carbocycles. The first-order valence-corrected chi connectivity index (χ1v) is 12.1. The maximum Gasteiger partial charge on any atom is 0.408 e. The Labute approximate surface area is 211 Å². The van der Waals surface area contributed by atoms with Crippen molar-refractivity contribution in [1.29, 1.82) is 0 Å². The van der Waals surface area contributed by atoms with Crippen molar-refractivity contribution in [3.05, 3.63) is 92.1 Å². The Bertz CT molecular complexity index is 1440. The van der Waals surface area contributed by atoms with Crippen molar-refractivity contribution >= 4 is 29.3 Å². The monoisotopic (exact) mass is 539 g/mol. The van der Waals surface area contributed by atoms with Crippen LogP contribution < -0.4 is 10.4 Å². The number of amides is 1. The van der Waals surface area contributed by atoms with Crippen molar-refractivity contribution in [3.63, 3.8) is 0 Å². The molecule has 2 aliphatic heterocycles. The molecule has 0 saturated carbocycles. The van der Waals surface area contributed by atoms with E-state index in [4.69, 9.17) is 11.6 Å². The number of hydrogen-bond donors (Lipinski definition) is 1. The predicted molar refractivity (Wildman–Crippen MR) is 126 cm³/mol. The molecule has 12 heteroatoms. The molecule has 6 nitrogen and oxygen atoms in total. The highest BCUT2D eigenvalue weighted by Gasteiger charge is 2.47. The normalized spacial score (nSPS) is 18.3. The van der Waals surface area contributed by atoms with Gasteiger partial charge >= 0.3 is 6.18 Å². The fourth-order valence-electron chi connectivity index (χ4n) is 4.52. The molecule has 3 aromatic rings. The number of carbonyl (C=O) groups excluding carboxylic acids is 1. The van der Waals surface area contributed by atoms with E-state index in [1.807, 2.05) is 0 Å². The summed E-state index contributed by atoms with van der Waals surface area (Å²) in [7, 11) is 0. The Balaban J connectivity index is 1.80. The lowest BCUT2D eigenvalue weighted by molar-refractivity contribution is -0.173. The minimum Gasteiger partial charge on any atom is -0.502 e. The van der Waals surface area contributed by atoms with E-state index in [0.717, 1.165) is 13.0 Å². The Hall–Kier alpha value is -3.18. The Morgan fingerprint density at radius 3 is 2.61 bits per heavy atom. The molecule has 0 saturated heterocycles.